The van der Waals surface area contributed by atoms with Gasteiger partial charge < -0.3 is 14.9 Å². The molecule has 0 spiro atoms. The summed E-state index contributed by atoms with van der Waals surface area (Å²) in [5.41, 5.74) is 9.51. The number of hydrogen-bond donors (Lipinski definition) is 1. The second-order valence-corrected chi connectivity index (χ2v) is 6.27. The molecule has 3 heteroatoms. The summed E-state index contributed by atoms with van der Waals surface area (Å²) >= 11 is 0. The summed E-state index contributed by atoms with van der Waals surface area (Å²) in [6.07, 6.45) is 2.44. The van der Waals surface area contributed by atoms with Crippen LogP contribution < -0.4 is 5.73 Å². The number of aryl methyl sites for hydroxylation is 1. The molecule has 1 saturated carbocycles. The zero-order valence-corrected chi connectivity index (χ0v) is 12.3. The molecule has 2 aliphatic carbocycles. The van der Waals surface area contributed by atoms with E-state index < -0.39 is 0 Å². The van der Waals surface area contributed by atoms with Gasteiger partial charge in [0, 0.05) is 7.11 Å². The molecule has 2 aromatic rings. The normalized spacial score (nSPS) is 27.8. The molecule has 110 valence electrons. The Kier molecular flexibility index (Phi) is 3.12. The Morgan fingerprint density at radius 1 is 1.29 bits per heavy atom. The first-order valence-corrected chi connectivity index (χ1v) is 7.70. The third-order valence-corrected chi connectivity index (χ3v) is 5.10. The molecule has 2 aliphatic rings. The van der Waals surface area contributed by atoms with Crippen molar-refractivity contribution in [2.45, 2.75) is 31.4 Å². The van der Waals surface area contributed by atoms with Crippen molar-refractivity contribution in [3.8, 4) is 0 Å². The van der Waals surface area contributed by atoms with Gasteiger partial charge >= 0.3 is 0 Å². The molecule has 1 fully saturated rings. The fourth-order valence-corrected chi connectivity index (χ4v) is 4.09. The smallest absolute Gasteiger partial charge is 0.129 e. The van der Waals surface area contributed by atoms with Gasteiger partial charge in [0.2, 0.25) is 0 Å². The van der Waals surface area contributed by atoms with Gasteiger partial charge in [0.1, 0.15) is 18.1 Å². The van der Waals surface area contributed by atoms with Gasteiger partial charge in [-0.25, -0.2) is 0 Å². The fourth-order valence-electron chi connectivity index (χ4n) is 4.09. The maximum absolute atomic E-state index is 6.49. The summed E-state index contributed by atoms with van der Waals surface area (Å²) in [5.74, 6) is 3.63. The van der Waals surface area contributed by atoms with Crippen LogP contribution in [0.5, 0.6) is 0 Å². The molecule has 0 saturated heterocycles. The molecule has 3 nitrogen and oxygen atoms in total. The van der Waals surface area contributed by atoms with E-state index in [1.807, 2.05) is 12.1 Å². The molecule has 0 amide bonds. The summed E-state index contributed by atoms with van der Waals surface area (Å²) < 4.78 is 10.9. The summed E-state index contributed by atoms with van der Waals surface area (Å²) in [4.78, 5) is 0. The highest BCUT2D eigenvalue weighted by atomic mass is 16.5. The van der Waals surface area contributed by atoms with Gasteiger partial charge in [-0.05, 0) is 53.9 Å². The topological polar surface area (TPSA) is 48.4 Å². The third kappa shape index (κ3) is 2.12. The molecule has 21 heavy (non-hydrogen) atoms. The quantitative estimate of drug-likeness (QED) is 0.935. The highest BCUT2D eigenvalue weighted by molar-refractivity contribution is 5.40. The first-order chi connectivity index (χ1) is 10.3. The lowest BCUT2D eigenvalue weighted by Crippen LogP contribution is -2.13. The number of rotatable bonds is 4. The highest BCUT2D eigenvalue weighted by Crippen LogP contribution is 2.63. The van der Waals surface area contributed by atoms with E-state index in [9.17, 15) is 0 Å². The minimum atomic E-state index is -0.00300. The van der Waals surface area contributed by atoms with Crippen LogP contribution in [0.3, 0.4) is 0 Å². The Morgan fingerprint density at radius 2 is 2.14 bits per heavy atom. The number of methoxy groups -OCH3 is 1. The largest absolute Gasteiger partial charge is 0.462 e. The zero-order valence-electron chi connectivity index (χ0n) is 12.3. The zero-order chi connectivity index (χ0) is 14.4. The number of furan rings is 1. The van der Waals surface area contributed by atoms with Crippen LogP contribution in [-0.4, -0.2) is 7.11 Å². The van der Waals surface area contributed by atoms with Gasteiger partial charge in [0.15, 0.2) is 0 Å². The van der Waals surface area contributed by atoms with Crippen LogP contribution in [0.25, 0.3) is 0 Å². The molecule has 1 aromatic heterocycles. The Hall–Kier alpha value is -1.58. The summed E-state index contributed by atoms with van der Waals surface area (Å²) in [5, 5.41) is 0. The van der Waals surface area contributed by atoms with Crippen LogP contribution in [0.15, 0.2) is 40.8 Å². The average molecular weight is 283 g/mol. The standard InChI is InChI=1S/C18H21NO2/c1-20-10-12-7-9-15(21-12)18(19)17-14-8-6-11-4-2-3-5-13(11)16(14)17/h2-5,7,9,14,16-18H,6,8,10,19H2,1H3. The van der Waals surface area contributed by atoms with Crippen molar-refractivity contribution in [1.29, 1.82) is 0 Å². The number of benzene rings is 1. The van der Waals surface area contributed by atoms with Crippen LogP contribution in [0.2, 0.25) is 0 Å². The molecule has 0 radical (unpaired) electrons. The molecule has 0 bridgehead atoms. The van der Waals surface area contributed by atoms with Crippen molar-refractivity contribution in [1.82, 2.24) is 0 Å². The highest BCUT2D eigenvalue weighted by Gasteiger charge is 2.56. The maximum atomic E-state index is 6.49. The van der Waals surface area contributed by atoms with Crippen LogP contribution in [0.4, 0.5) is 0 Å². The number of fused-ring (bicyclic) bond motifs is 3. The Balaban J connectivity index is 1.56. The summed E-state index contributed by atoms with van der Waals surface area (Å²) in [6, 6.07) is 12.8. The third-order valence-electron chi connectivity index (χ3n) is 5.10. The SMILES string of the molecule is COCc1ccc(C(N)C2C3CCc4ccccc4C32)o1. The van der Waals surface area contributed by atoms with Gasteiger partial charge in [-0.2, -0.15) is 0 Å². The van der Waals surface area contributed by atoms with Crippen LogP contribution in [0.1, 0.15) is 41.0 Å². The van der Waals surface area contributed by atoms with Gasteiger partial charge in [0.25, 0.3) is 0 Å². The molecule has 0 aliphatic heterocycles. The number of ether oxygens (including phenoxy) is 1. The Morgan fingerprint density at radius 3 is 3.00 bits per heavy atom. The monoisotopic (exact) mass is 283 g/mol. The van der Waals surface area contributed by atoms with Crippen molar-refractivity contribution < 1.29 is 9.15 Å². The van der Waals surface area contributed by atoms with Gasteiger partial charge in [0.05, 0.1) is 6.04 Å². The molecule has 4 rings (SSSR count). The van der Waals surface area contributed by atoms with E-state index in [0.29, 0.717) is 18.4 Å². The van der Waals surface area contributed by atoms with E-state index in [4.69, 9.17) is 14.9 Å². The molecule has 1 heterocycles. The van der Waals surface area contributed by atoms with Crippen LogP contribution in [-0.2, 0) is 17.8 Å². The predicted octanol–water partition coefficient (Wildman–Crippen LogP) is 3.40. The summed E-state index contributed by atoms with van der Waals surface area (Å²) in [7, 11) is 1.68. The minimum Gasteiger partial charge on any atom is -0.462 e. The van der Waals surface area contributed by atoms with Crippen molar-refractivity contribution in [3.05, 3.63) is 59.0 Å². The molecule has 4 unspecified atom stereocenters. The van der Waals surface area contributed by atoms with E-state index >= 15 is 0 Å². The first-order valence-electron chi connectivity index (χ1n) is 7.70. The van der Waals surface area contributed by atoms with E-state index in [2.05, 4.69) is 24.3 Å². The van der Waals surface area contributed by atoms with E-state index in [-0.39, 0.29) is 6.04 Å². The molecular formula is C18H21NO2. The van der Waals surface area contributed by atoms with Crippen molar-refractivity contribution >= 4 is 0 Å². The van der Waals surface area contributed by atoms with E-state index in [1.165, 1.54) is 24.0 Å². The van der Waals surface area contributed by atoms with Crippen molar-refractivity contribution in [2.75, 3.05) is 7.11 Å². The van der Waals surface area contributed by atoms with Crippen molar-refractivity contribution in [2.24, 2.45) is 17.6 Å². The molecular weight excluding hydrogens is 262 g/mol. The van der Waals surface area contributed by atoms with E-state index in [0.717, 1.165) is 17.4 Å². The number of hydrogen-bond acceptors (Lipinski definition) is 3. The number of nitrogens with two attached hydrogens (primary N) is 1. The predicted molar refractivity (Wildman–Crippen MR) is 80.8 cm³/mol. The van der Waals surface area contributed by atoms with E-state index in [1.54, 1.807) is 7.11 Å². The minimum absolute atomic E-state index is 0.00300. The lowest BCUT2D eigenvalue weighted by molar-refractivity contribution is 0.161. The maximum Gasteiger partial charge on any atom is 0.129 e. The van der Waals surface area contributed by atoms with Gasteiger partial charge in [-0.15, -0.1) is 0 Å². The first kappa shape index (κ1) is 13.1. The van der Waals surface area contributed by atoms with Crippen LogP contribution in [0, 0.1) is 11.8 Å². The van der Waals surface area contributed by atoms with Gasteiger partial charge in [-0.1, -0.05) is 24.3 Å². The van der Waals surface area contributed by atoms with Gasteiger partial charge in [-0.3, -0.25) is 0 Å². The molecule has 4 atom stereocenters. The molecule has 2 N–H and O–H groups in total. The summed E-state index contributed by atoms with van der Waals surface area (Å²) in [6.45, 7) is 0.507. The lowest BCUT2D eigenvalue weighted by atomic mass is 9.92. The molecule has 1 aromatic carbocycles. The fraction of sp³-hybridized carbons (Fsp3) is 0.444. The second kappa shape index (κ2) is 5.00. The van der Waals surface area contributed by atoms with Crippen molar-refractivity contribution in [3.63, 3.8) is 0 Å². The van der Waals surface area contributed by atoms with Crippen LogP contribution >= 0.6 is 0 Å². The lowest BCUT2D eigenvalue weighted by Gasteiger charge is -2.13. The second-order valence-electron chi connectivity index (χ2n) is 6.27. The Bertz CT molecular complexity index is 648. The Labute approximate surface area is 125 Å². The average Bonchev–Trinajstić information content (AvgIpc) is 3.08.